The number of carboxylic acids is 1. The van der Waals surface area contributed by atoms with Crippen molar-refractivity contribution in [2.24, 2.45) is 0 Å². The van der Waals surface area contributed by atoms with E-state index in [1.807, 2.05) is 33.8 Å². The molecule has 0 amide bonds. The summed E-state index contributed by atoms with van der Waals surface area (Å²) in [5, 5.41) is 8.68. The molecule has 0 aliphatic carbocycles. The summed E-state index contributed by atoms with van der Waals surface area (Å²) in [6.45, 7) is 8.03. The van der Waals surface area contributed by atoms with Crippen LogP contribution in [0.5, 0.6) is 0 Å². The highest BCUT2D eigenvalue weighted by atomic mass is 16.4. The molecule has 0 saturated heterocycles. The van der Waals surface area contributed by atoms with E-state index in [-0.39, 0.29) is 23.9 Å². The zero-order valence-corrected chi connectivity index (χ0v) is 11.4. The molecule has 0 aliphatic rings. The third kappa shape index (κ3) is 3.22. The molecule has 4 heteroatoms. The predicted octanol–water partition coefficient (Wildman–Crippen LogP) is 2.57. The van der Waals surface area contributed by atoms with Crippen LogP contribution < -0.4 is 5.56 Å². The molecule has 1 aromatic heterocycles. The topological polar surface area (TPSA) is 59.3 Å². The van der Waals surface area contributed by atoms with Gasteiger partial charge in [0.05, 0.1) is 0 Å². The van der Waals surface area contributed by atoms with Crippen LogP contribution >= 0.6 is 0 Å². The molecule has 100 valence electrons. The molecule has 1 rings (SSSR count). The van der Waals surface area contributed by atoms with E-state index in [0.717, 1.165) is 5.69 Å². The number of pyridine rings is 1. The number of carbonyl (C=O) groups is 1. The van der Waals surface area contributed by atoms with Gasteiger partial charge in [-0.05, 0) is 32.3 Å². The minimum Gasteiger partial charge on any atom is -0.481 e. The Labute approximate surface area is 107 Å². The average Bonchev–Trinajstić information content (AvgIpc) is 2.25. The van der Waals surface area contributed by atoms with Gasteiger partial charge >= 0.3 is 5.97 Å². The first-order valence-electron chi connectivity index (χ1n) is 6.30. The smallest absolute Gasteiger partial charge is 0.303 e. The molecular formula is C14H21NO3. The fourth-order valence-corrected chi connectivity index (χ4v) is 2.04. The fourth-order valence-electron chi connectivity index (χ4n) is 2.04. The number of rotatable bonds is 5. The maximum absolute atomic E-state index is 12.3. The molecule has 0 aliphatic heterocycles. The monoisotopic (exact) mass is 251 g/mol. The maximum Gasteiger partial charge on any atom is 0.303 e. The first-order chi connectivity index (χ1) is 8.34. The summed E-state index contributed by atoms with van der Waals surface area (Å²) < 4.78 is 1.77. The van der Waals surface area contributed by atoms with Crippen molar-refractivity contribution in [3.05, 3.63) is 33.7 Å². The second-order valence-electron chi connectivity index (χ2n) is 5.10. The van der Waals surface area contributed by atoms with E-state index in [4.69, 9.17) is 5.11 Å². The molecule has 0 bridgehead atoms. The van der Waals surface area contributed by atoms with E-state index in [1.54, 1.807) is 10.6 Å². The van der Waals surface area contributed by atoms with E-state index < -0.39 is 5.97 Å². The highest BCUT2D eigenvalue weighted by Gasteiger charge is 2.14. The predicted molar refractivity (Wildman–Crippen MR) is 71.1 cm³/mol. The number of aromatic nitrogens is 1. The van der Waals surface area contributed by atoms with Gasteiger partial charge < -0.3 is 9.67 Å². The molecule has 0 unspecified atom stereocenters. The summed E-state index contributed by atoms with van der Waals surface area (Å²) in [6.07, 6.45) is 0.285. The lowest BCUT2D eigenvalue weighted by Crippen LogP contribution is -2.28. The molecule has 0 atom stereocenters. The van der Waals surface area contributed by atoms with Crippen molar-refractivity contribution in [1.29, 1.82) is 0 Å². The van der Waals surface area contributed by atoms with Crippen LogP contribution in [0, 0.1) is 0 Å². The molecule has 0 radical (unpaired) electrons. The van der Waals surface area contributed by atoms with Crippen LogP contribution in [0.25, 0.3) is 0 Å². The first kappa shape index (κ1) is 14.5. The molecule has 1 N–H and O–H groups in total. The lowest BCUT2D eigenvalue weighted by Gasteiger charge is -2.20. The van der Waals surface area contributed by atoms with Crippen LogP contribution in [0.4, 0.5) is 0 Å². The SMILES string of the molecule is CC(C)c1ccc(CCC(=O)O)c(=O)n1C(C)C. The van der Waals surface area contributed by atoms with Gasteiger partial charge in [-0.1, -0.05) is 19.9 Å². The largest absolute Gasteiger partial charge is 0.481 e. The Kier molecular flexibility index (Phi) is 4.70. The average molecular weight is 251 g/mol. The molecule has 0 spiro atoms. The molecule has 18 heavy (non-hydrogen) atoms. The van der Waals surface area contributed by atoms with Crippen molar-refractivity contribution in [3.8, 4) is 0 Å². The molecule has 1 heterocycles. The number of carboxylic acid groups (broad SMARTS) is 1. The Hall–Kier alpha value is -1.58. The minimum absolute atomic E-state index is 0.00559. The third-order valence-electron chi connectivity index (χ3n) is 2.94. The maximum atomic E-state index is 12.3. The quantitative estimate of drug-likeness (QED) is 0.875. The van der Waals surface area contributed by atoms with Gasteiger partial charge in [0.15, 0.2) is 0 Å². The number of hydrogen-bond donors (Lipinski definition) is 1. The van der Waals surface area contributed by atoms with E-state index in [1.165, 1.54) is 0 Å². The zero-order valence-electron chi connectivity index (χ0n) is 11.4. The summed E-state index contributed by atoms with van der Waals surface area (Å²) in [6, 6.07) is 3.78. The van der Waals surface area contributed by atoms with Gasteiger partial charge in [0.25, 0.3) is 5.56 Å². The van der Waals surface area contributed by atoms with E-state index in [9.17, 15) is 9.59 Å². The van der Waals surface area contributed by atoms with Crippen molar-refractivity contribution < 1.29 is 9.90 Å². The highest BCUT2D eigenvalue weighted by Crippen LogP contribution is 2.17. The number of aryl methyl sites for hydroxylation is 1. The Balaban J connectivity index is 3.22. The van der Waals surface area contributed by atoms with Gasteiger partial charge in [-0.3, -0.25) is 9.59 Å². The van der Waals surface area contributed by atoms with Crippen LogP contribution in [0.3, 0.4) is 0 Å². The van der Waals surface area contributed by atoms with Crippen molar-refractivity contribution in [2.45, 2.75) is 52.5 Å². The lowest BCUT2D eigenvalue weighted by molar-refractivity contribution is -0.136. The van der Waals surface area contributed by atoms with Crippen LogP contribution in [0.1, 0.15) is 57.3 Å². The van der Waals surface area contributed by atoms with Gasteiger partial charge in [0, 0.05) is 23.7 Å². The van der Waals surface area contributed by atoms with Crippen molar-refractivity contribution >= 4 is 5.97 Å². The Morgan fingerprint density at radius 3 is 2.33 bits per heavy atom. The first-order valence-corrected chi connectivity index (χ1v) is 6.30. The van der Waals surface area contributed by atoms with Gasteiger partial charge in [0.1, 0.15) is 0 Å². The van der Waals surface area contributed by atoms with Crippen molar-refractivity contribution in [2.75, 3.05) is 0 Å². The second kappa shape index (κ2) is 5.85. The lowest BCUT2D eigenvalue weighted by atomic mass is 10.0. The Bertz CT molecular complexity index is 486. The second-order valence-corrected chi connectivity index (χ2v) is 5.10. The summed E-state index contributed by atoms with van der Waals surface area (Å²) in [7, 11) is 0. The van der Waals surface area contributed by atoms with Crippen LogP contribution in [-0.2, 0) is 11.2 Å². The minimum atomic E-state index is -0.876. The van der Waals surface area contributed by atoms with E-state index >= 15 is 0 Å². The van der Waals surface area contributed by atoms with Gasteiger partial charge in [0.2, 0.25) is 0 Å². The molecule has 0 fully saturated rings. The summed E-state index contributed by atoms with van der Waals surface area (Å²) in [5.41, 5.74) is 1.52. The van der Waals surface area contributed by atoms with Gasteiger partial charge in [-0.15, -0.1) is 0 Å². The van der Waals surface area contributed by atoms with E-state index in [2.05, 4.69) is 0 Å². The Morgan fingerprint density at radius 2 is 1.89 bits per heavy atom. The van der Waals surface area contributed by atoms with E-state index in [0.29, 0.717) is 12.0 Å². The zero-order chi connectivity index (χ0) is 13.9. The van der Waals surface area contributed by atoms with Gasteiger partial charge in [-0.25, -0.2) is 0 Å². The van der Waals surface area contributed by atoms with Gasteiger partial charge in [-0.2, -0.15) is 0 Å². The standard InChI is InChI=1S/C14H21NO3/c1-9(2)12-7-5-11(6-8-13(16)17)14(18)15(12)10(3)4/h5,7,9-10H,6,8H2,1-4H3,(H,16,17). The molecule has 4 nitrogen and oxygen atoms in total. The summed E-state index contributed by atoms with van der Waals surface area (Å²) in [5.74, 6) is -0.605. The van der Waals surface area contributed by atoms with Crippen LogP contribution in [-0.4, -0.2) is 15.6 Å². The van der Waals surface area contributed by atoms with Crippen LogP contribution in [0.15, 0.2) is 16.9 Å². The number of aliphatic carboxylic acids is 1. The molecular weight excluding hydrogens is 230 g/mol. The molecule has 0 saturated carbocycles. The normalized spacial score (nSPS) is 11.2. The summed E-state index contributed by atoms with van der Waals surface area (Å²) in [4.78, 5) is 22.9. The number of hydrogen-bond acceptors (Lipinski definition) is 2. The van der Waals surface area contributed by atoms with Crippen molar-refractivity contribution in [1.82, 2.24) is 4.57 Å². The molecule has 0 aromatic carbocycles. The third-order valence-corrected chi connectivity index (χ3v) is 2.94. The highest BCUT2D eigenvalue weighted by molar-refractivity contribution is 5.67. The number of nitrogens with zero attached hydrogens (tertiary/aromatic N) is 1. The van der Waals surface area contributed by atoms with Crippen molar-refractivity contribution in [3.63, 3.8) is 0 Å². The Morgan fingerprint density at radius 1 is 1.28 bits per heavy atom. The van der Waals surface area contributed by atoms with Crippen LogP contribution in [0.2, 0.25) is 0 Å². The fraction of sp³-hybridized carbons (Fsp3) is 0.571. The molecule has 1 aromatic rings. The summed E-state index contributed by atoms with van der Waals surface area (Å²) >= 11 is 0.